The summed E-state index contributed by atoms with van der Waals surface area (Å²) in [5, 5.41) is 14.4. The largest absolute Gasteiger partial charge is 0.409 e. The number of carbonyl (C=O) groups is 1. The van der Waals surface area contributed by atoms with Crippen molar-refractivity contribution in [1.29, 1.82) is 0 Å². The van der Waals surface area contributed by atoms with Crippen LogP contribution in [0.25, 0.3) is 0 Å². The Morgan fingerprint density at radius 1 is 1.29 bits per heavy atom. The van der Waals surface area contributed by atoms with Crippen molar-refractivity contribution in [2.75, 3.05) is 0 Å². The zero-order chi connectivity index (χ0) is 15.2. The third-order valence-electron chi connectivity index (χ3n) is 3.01. The molecule has 0 saturated heterocycles. The fourth-order valence-corrected chi connectivity index (χ4v) is 1.86. The number of pyridine rings is 1. The quantitative estimate of drug-likeness (QED) is 0.344. The van der Waals surface area contributed by atoms with Gasteiger partial charge in [-0.25, -0.2) is 0 Å². The van der Waals surface area contributed by atoms with Gasteiger partial charge in [-0.2, -0.15) is 0 Å². The molecule has 0 spiro atoms. The van der Waals surface area contributed by atoms with Crippen LogP contribution in [-0.4, -0.2) is 21.9 Å². The molecular weight excluding hydrogens is 268 g/mol. The van der Waals surface area contributed by atoms with E-state index < -0.39 is 0 Å². The Bertz CT molecular complexity index is 656. The van der Waals surface area contributed by atoms with E-state index in [9.17, 15) is 4.79 Å². The number of benzene rings is 1. The molecule has 4 N–H and O–H groups in total. The lowest BCUT2D eigenvalue weighted by Crippen LogP contribution is -2.27. The number of amidine groups is 1. The van der Waals surface area contributed by atoms with E-state index in [1.165, 1.54) is 0 Å². The minimum atomic E-state index is -0.249. The number of nitrogens with zero attached hydrogens (tertiary/aromatic N) is 2. The van der Waals surface area contributed by atoms with Gasteiger partial charge in [0.25, 0.3) is 5.91 Å². The van der Waals surface area contributed by atoms with Crippen molar-refractivity contribution in [2.45, 2.75) is 13.0 Å². The molecule has 1 atom stereocenters. The molecule has 1 unspecified atom stereocenters. The van der Waals surface area contributed by atoms with Gasteiger partial charge in [0.1, 0.15) is 0 Å². The maximum atomic E-state index is 12.2. The topological polar surface area (TPSA) is 101 Å². The van der Waals surface area contributed by atoms with Gasteiger partial charge in [-0.1, -0.05) is 23.4 Å². The standard InChI is InChI=1S/C15H16N4O2/c1-10(13-7-2-3-8-17-13)18-15(20)12-6-4-5-11(9-12)14(16)19-21/h2-10,21H,1H3,(H2,16,19)(H,18,20). The number of hydrogen-bond donors (Lipinski definition) is 3. The highest BCUT2D eigenvalue weighted by Crippen LogP contribution is 2.11. The summed E-state index contributed by atoms with van der Waals surface area (Å²) in [7, 11) is 0. The molecule has 6 heteroatoms. The van der Waals surface area contributed by atoms with Crippen LogP contribution in [0.5, 0.6) is 0 Å². The van der Waals surface area contributed by atoms with Crippen LogP contribution >= 0.6 is 0 Å². The summed E-state index contributed by atoms with van der Waals surface area (Å²) in [6.45, 7) is 1.85. The second kappa shape index (κ2) is 6.51. The van der Waals surface area contributed by atoms with E-state index in [1.807, 2.05) is 25.1 Å². The summed E-state index contributed by atoms with van der Waals surface area (Å²) in [5.74, 6) is -0.289. The Labute approximate surface area is 122 Å². The van der Waals surface area contributed by atoms with Crippen LogP contribution in [0.15, 0.2) is 53.8 Å². The summed E-state index contributed by atoms with van der Waals surface area (Å²) >= 11 is 0. The first kappa shape index (κ1) is 14.5. The highest BCUT2D eigenvalue weighted by Gasteiger charge is 2.13. The molecule has 0 bridgehead atoms. The Balaban J connectivity index is 2.14. The average Bonchev–Trinajstić information content (AvgIpc) is 2.55. The second-order valence-electron chi connectivity index (χ2n) is 4.52. The molecule has 1 heterocycles. The molecule has 0 radical (unpaired) electrons. The number of amides is 1. The van der Waals surface area contributed by atoms with Crippen LogP contribution in [-0.2, 0) is 0 Å². The normalized spacial score (nSPS) is 12.7. The van der Waals surface area contributed by atoms with Crippen molar-refractivity contribution in [3.63, 3.8) is 0 Å². The molecule has 0 aliphatic rings. The fourth-order valence-electron chi connectivity index (χ4n) is 1.86. The molecule has 2 aromatic rings. The average molecular weight is 284 g/mol. The summed E-state index contributed by atoms with van der Waals surface area (Å²) < 4.78 is 0. The zero-order valence-electron chi connectivity index (χ0n) is 11.5. The Hall–Kier alpha value is -2.89. The minimum Gasteiger partial charge on any atom is -0.409 e. The van der Waals surface area contributed by atoms with Gasteiger partial charge in [0, 0.05) is 17.3 Å². The SMILES string of the molecule is CC(NC(=O)c1cccc(/C(N)=N/O)c1)c1ccccn1. The lowest BCUT2D eigenvalue weighted by atomic mass is 10.1. The van der Waals surface area contributed by atoms with Gasteiger partial charge in [-0.3, -0.25) is 9.78 Å². The summed E-state index contributed by atoms with van der Waals surface area (Å²) in [6.07, 6.45) is 1.68. The number of hydrogen-bond acceptors (Lipinski definition) is 4. The van der Waals surface area contributed by atoms with E-state index in [-0.39, 0.29) is 17.8 Å². The number of nitrogens with one attached hydrogen (secondary N) is 1. The van der Waals surface area contributed by atoms with Gasteiger partial charge in [-0.05, 0) is 31.2 Å². The molecule has 21 heavy (non-hydrogen) atoms. The molecule has 108 valence electrons. The third-order valence-corrected chi connectivity index (χ3v) is 3.01. The first-order valence-corrected chi connectivity index (χ1v) is 6.41. The smallest absolute Gasteiger partial charge is 0.251 e. The maximum absolute atomic E-state index is 12.2. The molecule has 2 rings (SSSR count). The fraction of sp³-hybridized carbons (Fsp3) is 0.133. The van der Waals surface area contributed by atoms with Gasteiger partial charge >= 0.3 is 0 Å². The van der Waals surface area contributed by atoms with Crippen LogP contribution in [0.3, 0.4) is 0 Å². The van der Waals surface area contributed by atoms with Crippen molar-refractivity contribution in [2.24, 2.45) is 10.9 Å². The maximum Gasteiger partial charge on any atom is 0.251 e. The summed E-state index contributed by atoms with van der Waals surface area (Å²) in [5.41, 5.74) is 7.20. The highest BCUT2D eigenvalue weighted by atomic mass is 16.4. The van der Waals surface area contributed by atoms with Crippen LogP contribution < -0.4 is 11.1 Å². The first-order valence-electron chi connectivity index (χ1n) is 6.41. The Morgan fingerprint density at radius 3 is 2.71 bits per heavy atom. The number of carbonyl (C=O) groups excluding carboxylic acids is 1. The van der Waals surface area contributed by atoms with Crippen LogP contribution in [0.1, 0.15) is 34.6 Å². The van der Waals surface area contributed by atoms with Gasteiger partial charge in [0.2, 0.25) is 0 Å². The molecule has 1 aromatic carbocycles. The van der Waals surface area contributed by atoms with E-state index in [4.69, 9.17) is 10.9 Å². The monoisotopic (exact) mass is 284 g/mol. The van der Waals surface area contributed by atoms with Gasteiger partial charge in [0.15, 0.2) is 5.84 Å². The number of nitrogens with two attached hydrogens (primary N) is 1. The Morgan fingerprint density at radius 2 is 2.05 bits per heavy atom. The van der Waals surface area contributed by atoms with Crippen LogP contribution in [0.2, 0.25) is 0 Å². The second-order valence-corrected chi connectivity index (χ2v) is 4.52. The summed E-state index contributed by atoms with van der Waals surface area (Å²) in [6, 6.07) is 11.9. The number of oxime groups is 1. The highest BCUT2D eigenvalue weighted by molar-refractivity contribution is 6.01. The zero-order valence-corrected chi connectivity index (χ0v) is 11.5. The third kappa shape index (κ3) is 3.56. The molecule has 0 saturated carbocycles. The number of aromatic nitrogens is 1. The van der Waals surface area contributed by atoms with E-state index in [1.54, 1.807) is 30.5 Å². The van der Waals surface area contributed by atoms with Crippen molar-refractivity contribution >= 4 is 11.7 Å². The van der Waals surface area contributed by atoms with Crippen molar-refractivity contribution < 1.29 is 10.0 Å². The van der Waals surface area contributed by atoms with E-state index in [0.29, 0.717) is 11.1 Å². The van der Waals surface area contributed by atoms with Crippen molar-refractivity contribution in [1.82, 2.24) is 10.3 Å². The van der Waals surface area contributed by atoms with Crippen molar-refractivity contribution in [3.8, 4) is 0 Å². The van der Waals surface area contributed by atoms with Crippen LogP contribution in [0.4, 0.5) is 0 Å². The van der Waals surface area contributed by atoms with E-state index in [0.717, 1.165) is 5.69 Å². The van der Waals surface area contributed by atoms with Crippen molar-refractivity contribution in [3.05, 3.63) is 65.5 Å². The first-order chi connectivity index (χ1) is 10.1. The molecular formula is C15H16N4O2. The molecule has 0 aliphatic heterocycles. The van der Waals surface area contributed by atoms with Gasteiger partial charge < -0.3 is 16.3 Å². The minimum absolute atomic E-state index is 0.0394. The van der Waals surface area contributed by atoms with E-state index in [2.05, 4.69) is 15.5 Å². The predicted molar refractivity (Wildman–Crippen MR) is 79.1 cm³/mol. The Kier molecular flexibility index (Phi) is 4.50. The molecule has 6 nitrogen and oxygen atoms in total. The molecule has 0 fully saturated rings. The molecule has 1 amide bonds. The lowest BCUT2D eigenvalue weighted by molar-refractivity contribution is 0.0939. The van der Waals surface area contributed by atoms with Crippen LogP contribution in [0, 0.1) is 0 Å². The molecule has 0 aliphatic carbocycles. The summed E-state index contributed by atoms with van der Waals surface area (Å²) in [4.78, 5) is 16.4. The lowest BCUT2D eigenvalue weighted by Gasteiger charge is -2.13. The molecule has 1 aromatic heterocycles. The van der Waals surface area contributed by atoms with Gasteiger partial charge in [-0.15, -0.1) is 0 Å². The number of rotatable bonds is 4. The predicted octanol–water partition coefficient (Wildman–Crippen LogP) is 1.67. The van der Waals surface area contributed by atoms with E-state index >= 15 is 0 Å². The van der Waals surface area contributed by atoms with Gasteiger partial charge in [0.05, 0.1) is 11.7 Å².